The van der Waals surface area contributed by atoms with Crippen LogP contribution in [0, 0.1) is 6.92 Å². The van der Waals surface area contributed by atoms with Gasteiger partial charge in [0.25, 0.3) is 0 Å². The van der Waals surface area contributed by atoms with Crippen molar-refractivity contribution in [2.45, 2.75) is 38.6 Å². The number of phenolic OH excluding ortho intramolecular Hbond substituents is 1. The number of carboxylic acid groups (broad SMARTS) is 1. The number of nitrogens with zero attached hydrogens (tertiary/aromatic N) is 1. The molecule has 0 fully saturated rings. The largest absolute Gasteiger partial charge is 0.508 e. The molecule has 0 aliphatic heterocycles. The van der Waals surface area contributed by atoms with E-state index in [9.17, 15) is 9.90 Å². The van der Waals surface area contributed by atoms with Crippen molar-refractivity contribution in [2.24, 2.45) is 0 Å². The third kappa shape index (κ3) is 2.59. The van der Waals surface area contributed by atoms with Crippen molar-refractivity contribution in [3.8, 4) is 5.75 Å². The highest BCUT2D eigenvalue weighted by atomic mass is 16.4. The third-order valence-electron chi connectivity index (χ3n) is 4.10. The smallest absolute Gasteiger partial charge is 0.304 e. The number of aliphatic carboxylic acids is 1. The lowest BCUT2D eigenvalue weighted by Crippen LogP contribution is -2.25. The highest BCUT2D eigenvalue weighted by Gasteiger charge is 2.34. The fourth-order valence-electron chi connectivity index (χ4n) is 3.14. The van der Waals surface area contributed by atoms with Gasteiger partial charge in [-0.15, -0.1) is 0 Å². The van der Waals surface area contributed by atoms with Gasteiger partial charge in [0, 0.05) is 18.2 Å². The Hall–Kier alpha value is -1.55. The first-order valence-corrected chi connectivity index (χ1v) is 6.66. The minimum atomic E-state index is -0.786. The van der Waals surface area contributed by atoms with Crippen molar-refractivity contribution in [2.75, 3.05) is 13.6 Å². The topological polar surface area (TPSA) is 60.8 Å². The Kier molecular flexibility index (Phi) is 3.80. The molecule has 1 aliphatic rings. The van der Waals surface area contributed by atoms with Gasteiger partial charge in [0.05, 0.1) is 6.42 Å². The van der Waals surface area contributed by atoms with Gasteiger partial charge in [-0.05, 0) is 43.5 Å². The van der Waals surface area contributed by atoms with E-state index in [1.807, 2.05) is 18.0 Å². The van der Waals surface area contributed by atoms with Crippen LogP contribution in [0.15, 0.2) is 12.1 Å². The average Bonchev–Trinajstić information content (AvgIpc) is 2.70. The Labute approximate surface area is 113 Å². The molecule has 1 aromatic rings. The molecule has 2 unspecified atom stereocenters. The molecule has 2 atom stereocenters. The summed E-state index contributed by atoms with van der Waals surface area (Å²) in [5, 5.41) is 18.9. The second kappa shape index (κ2) is 5.21. The SMILES string of the molecule is Cc1ccc(O)c2c1C(C)CC2N(C)CCC(=O)O. The van der Waals surface area contributed by atoms with Crippen molar-refractivity contribution >= 4 is 5.97 Å². The Balaban J connectivity index is 2.28. The highest BCUT2D eigenvalue weighted by Crippen LogP contribution is 2.48. The maximum absolute atomic E-state index is 10.7. The first-order valence-electron chi connectivity index (χ1n) is 6.66. The third-order valence-corrected chi connectivity index (χ3v) is 4.10. The number of carboxylic acids is 1. The summed E-state index contributed by atoms with van der Waals surface area (Å²) in [5.74, 6) is -0.0527. The average molecular weight is 263 g/mol. The molecule has 0 bridgehead atoms. The van der Waals surface area contributed by atoms with Crippen molar-refractivity contribution in [3.63, 3.8) is 0 Å². The van der Waals surface area contributed by atoms with E-state index in [0.717, 1.165) is 12.0 Å². The molecular weight excluding hydrogens is 242 g/mol. The molecule has 0 heterocycles. The normalized spacial score (nSPS) is 21.7. The van der Waals surface area contributed by atoms with E-state index in [4.69, 9.17) is 5.11 Å². The monoisotopic (exact) mass is 263 g/mol. The van der Waals surface area contributed by atoms with Gasteiger partial charge in [0.2, 0.25) is 0 Å². The van der Waals surface area contributed by atoms with E-state index in [1.54, 1.807) is 6.07 Å². The van der Waals surface area contributed by atoms with E-state index in [1.165, 1.54) is 11.1 Å². The molecule has 0 saturated carbocycles. The van der Waals surface area contributed by atoms with Gasteiger partial charge in [0.1, 0.15) is 5.75 Å². The fraction of sp³-hybridized carbons (Fsp3) is 0.533. The number of aryl methyl sites for hydroxylation is 1. The molecule has 4 heteroatoms. The van der Waals surface area contributed by atoms with Gasteiger partial charge in [-0.25, -0.2) is 0 Å². The summed E-state index contributed by atoms with van der Waals surface area (Å²) in [4.78, 5) is 12.7. The second-order valence-corrected chi connectivity index (χ2v) is 5.51. The fourth-order valence-corrected chi connectivity index (χ4v) is 3.14. The number of rotatable bonds is 4. The number of phenols is 1. The van der Waals surface area contributed by atoms with Crippen LogP contribution in [0.2, 0.25) is 0 Å². The molecule has 2 N–H and O–H groups in total. The van der Waals surface area contributed by atoms with Gasteiger partial charge < -0.3 is 10.2 Å². The maximum atomic E-state index is 10.7. The number of hydrogen-bond acceptors (Lipinski definition) is 3. The second-order valence-electron chi connectivity index (χ2n) is 5.51. The van der Waals surface area contributed by atoms with Crippen LogP contribution >= 0.6 is 0 Å². The van der Waals surface area contributed by atoms with Crippen molar-refractivity contribution in [1.82, 2.24) is 4.90 Å². The maximum Gasteiger partial charge on any atom is 0.304 e. The summed E-state index contributed by atoms with van der Waals surface area (Å²) in [6.07, 6.45) is 1.06. The molecule has 104 valence electrons. The van der Waals surface area contributed by atoms with Gasteiger partial charge in [-0.1, -0.05) is 13.0 Å². The van der Waals surface area contributed by atoms with Crippen LogP contribution < -0.4 is 0 Å². The minimum absolute atomic E-state index is 0.115. The minimum Gasteiger partial charge on any atom is -0.508 e. The van der Waals surface area contributed by atoms with Crippen LogP contribution in [-0.2, 0) is 4.79 Å². The zero-order chi connectivity index (χ0) is 14.2. The lowest BCUT2D eigenvalue weighted by Gasteiger charge is -2.25. The van der Waals surface area contributed by atoms with Gasteiger partial charge in [0.15, 0.2) is 0 Å². The van der Waals surface area contributed by atoms with Gasteiger partial charge >= 0.3 is 5.97 Å². The molecule has 1 aromatic carbocycles. The van der Waals surface area contributed by atoms with Crippen LogP contribution in [-0.4, -0.2) is 34.7 Å². The standard InChI is InChI=1S/C15H21NO3/c1-9-4-5-12(17)15-11(8-10(2)14(9)15)16(3)7-6-13(18)19/h4-5,10-11,17H,6-8H2,1-3H3,(H,18,19). The highest BCUT2D eigenvalue weighted by molar-refractivity contribution is 5.66. The van der Waals surface area contributed by atoms with Crippen LogP contribution in [0.1, 0.15) is 48.4 Å². The summed E-state index contributed by atoms with van der Waals surface area (Å²) in [6, 6.07) is 3.80. The predicted octanol–water partition coefficient (Wildman–Crippen LogP) is 2.66. The lowest BCUT2D eigenvalue weighted by molar-refractivity contribution is -0.137. The zero-order valence-electron chi connectivity index (χ0n) is 11.7. The first-order chi connectivity index (χ1) is 8.91. The van der Waals surface area contributed by atoms with E-state index >= 15 is 0 Å². The summed E-state index contributed by atoms with van der Waals surface area (Å²) in [7, 11) is 1.93. The van der Waals surface area contributed by atoms with Gasteiger partial charge in [-0.3, -0.25) is 9.69 Å². The number of hydrogen-bond donors (Lipinski definition) is 2. The summed E-state index contributed by atoms with van der Waals surface area (Å²) in [5.41, 5.74) is 3.42. The number of benzene rings is 1. The molecule has 4 nitrogen and oxygen atoms in total. The molecular formula is C15H21NO3. The van der Waals surface area contributed by atoms with Crippen molar-refractivity contribution in [1.29, 1.82) is 0 Å². The predicted molar refractivity (Wildman–Crippen MR) is 73.5 cm³/mol. The molecule has 0 aromatic heterocycles. The summed E-state index contributed by atoms with van der Waals surface area (Å²) >= 11 is 0. The number of carbonyl (C=O) groups is 1. The number of aromatic hydroxyl groups is 1. The van der Waals surface area contributed by atoms with Gasteiger partial charge in [-0.2, -0.15) is 0 Å². The zero-order valence-corrected chi connectivity index (χ0v) is 11.7. The number of fused-ring (bicyclic) bond motifs is 1. The van der Waals surface area contributed by atoms with Crippen molar-refractivity contribution in [3.05, 3.63) is 28.8 Å². The molecule has 0 amide bonds. The van der Waals surface area contributed by atoms with Crippen LogP contribution in [0.25, 0.3) is 0 Å². The molecule has 0 radical (unpaired) electrons. The van der Waals surface area contributed by atoms with Crippen LogP contribution in [0.3, 0.4) is 0 Å². The summed E-state index contributed by atoms with van der Waals surface area (Å²) in [6.45, 7) is 4.73. The quantitative estimate of drug-likeness (QED) is 0.876. The van der Waals surface area contributed by atoms with Crippen LogP contribution in [0.4, 0.5) is 0 Å². The molecule has 0 saturated heterocycles. The van der Waals surface area contributed by atoms with E-state index in [0.29, 0.717) is 18.2 Å². The van der Waals surface area contributed by atoms with E-state index in [-0.39, 0.29) is 12.5 Å². The first kappa shape index (κ1) is 13.9. The molecule has 2 rings (SSSR count). The molecule has 19 heavy (non-hydrogen) atoms. The Morgan fingerprint density at radius 3 is 2.74 bits per heavy atom. The van der Waals surface area contributed by atoms with E-state index in [2.05, 4.69) is 13.8 Å². The van der Waals surface area contributed by atoms with Crippen LogP contribution in [0.5, 0.6) is 5.75 Å². The molecule has 0 spiro atoms. The molecule has 1 aliphatic carbocycles. The van der Waals surface area contributed by atoms with E-state index < -0.39 is 5.97 Å². The lowest BCUT2D eigenvalue weighted by atomic mass is 9.97. The Morgan fingerprint density at radius 1 is 1.42 bits per heavy atom. The summed E-state index contributed by atoms with van der Waals surface area (Å²) < 4.78 is 0. The Bertz CT molecular complexity index is 498. The Morgan fingerprint density at radius 2 is 2.11 bits per heavy atom. The van der Waals surface area contributed by atoms with Crippen molar-refractivity contribution < 1.29 is 15.0 Å².